The van der Waals surface area contributed by atoms with Gasteiger partial charge in [0, 0.05) is 13.2 Å². The second-order valence-electron chi connectivity index (χ2n) is 3.64. The summed E-state index contributed by atoms with van der Waals surface area (Å²) in [6.45, 7) is 0. The fourth-order valence-electron chi connectivity index (χ4n) is 1.41. The molecular formula is C12H9FN4O. The molecule has 0 spiro atoms. The van der Waals surface area contributed by atoms with Crippen LogP contribution in [-0.4, -0.2) is 15.7 Å². The van der Waals surface area contributed by atoms with E-state index in [-0.39, 0.29) is 16.9 Å². The number of carbonyl (C=O) groups is 1. The smallest absolute Gasteiger partial charge is 0.276 e. The fraction of sp³-hybridized carbons (Fsp3) is 0.0833. The predicted octanol–water partition coefficient (Wildman–Crippen LogP) is 1.68. The van der Waals surface area contributed by atoms with Crippen molar-refractivity contribution in [1.29, 1.82) is 5.26 Å². The van der Waals surface area contributed by atoms with Gasteiger partial charge in [-0.2, -0.15) is 10.4 Å². The van der Waals surface area contributed by atoms with Crippen LogP contribution in [0.3, 0.4) is 0 Å². The van der Waals surface area contributed by atoms with E-state index in [2.05, 4.69) is 10.4 Å². The van der Waals surface area contributed by atoms with E-state index in [0.717, 1.165) is 6.07 Å². The van der Waals surface area contributed by atoms with E-state index in [1.807, 2.05) is 6.07 Å². The van der Waals surface area contributed by atoms with Crippen LogP contribution in [-0.2, 0) is 7.05 Å². The molecule has 0 fully saturated rings. The molecule has 1 heterocycles. The normalized spacial score (nSPS) is 9.83. The molecular weight excluding hydrogens is 235 g/mol. The topological polar surface area (TPSA) is 70.7 Å². The molecule has 6 heteroatoms. The van der Waals surface area contributed by atoms with Crippen LogP contribution in [0.5, 0.6) is 0 Å². The van der Waals surface area contributed by atoms with E-state index in [1.54, 1.807) is 13.2 Å². The second-order valence-corrected chi connectivity index (χ2v) is 3.64. The Bertz CT molecular complexity index is 642. The average molecular weight is 244 g/mol. The number of nitrogens with zero attached hydrogens (tertiary/aromatic N) is 3. The summed E-state index contributed by atoms with van der Waals surface area (Å²) in [5, 5.41) is 14.9. The van der Waals surface area contributed by atoms with Crippen molar-refractivity contribution in [3.63, 3.8) is 0 Å². The van der Waals surface area contributed by atoms with Gasteiger partial charge in [0.1, 0.15) is 5.82 Å². The molecule has 1 aromatic heterocycles. The number of hydrogen-bond donors (Lipinski definition) is 1. The van der Waals surface area contributed by atoms with Crippen LogP contribution in [0.15, 0.2) is 30.5 Å². The van der Waals surface area contributed by atoms with E-state index in [9.17, 15) is 9.18 Å². The Morgan fingerprint density at radius 3 is 2.83 bits per heavy atom. The number of rotatable bonds is 2. The van der Waals surface area contributed by atoms with Gasteiger partial charge in [0.25, 0.3) is 5.91 Å². The monoisotopic (exact) mass is 244 g/mol. The van der Waals surface area contributed by atoms with E-state index in [4.69, 9.17) is 5.26 Å². The highest BCUT2D eigenvalue weighted by Crippen LogP contribution is 2.16. The van der Waals surface area contributed by atoms with Crippen LogP contribution in [0.4, 0.5) is 10.1 Å². The molecule has 1 N–H and O–H groups in total. The molecule has 0 bridgehead atoms. The molecule has 0 unspecified atom stereocenters. The highest BCUT2D eigenvalue weighted by molar-refractivity contribution is 6.02. The maximum atomic E-state index is 13.5. The molecule has 5 nitrogen and oxygen atoms in total. The number of amides is 1. The predicted molar refractivity (Wildman–Crippen MR) is 62.3 cm³/mol. The number of benzene rings is 1. The number of hydrogen-bond acceptors (Lipinski definition) is 3. The Balaban J connectivity index is 2.20. The van der Waals surface area contributed by atoms with Crippen LogP contribution in [0.2, 0.25) is 0 Å². The standard InChI is InChI=1S/C12H9FN4O/c1-17-5-4-11(16-17)12(18)15-10-3-2-8(7-14)6-9(10)13/h2-6H,1H3,(H,15,18). The zero-order chi connectivity index (χ0) is 13.1. The number of carbonyl (C=O) groups excluding carboxylic acids is 1. The third-order valence-electron chi connectivity index (χ3n) is 2.29. The van der Waals surface area contributed by atoms with Crippen LogP contribution in [0.1, 0.15) is 16.1 Å². The molecule has 2 rings (SSSR count). The number of nitrogens with one attached hydrogen (secondary N) is 1. The highest BCUT2D eigenvalue weighted by Gasteiger charge is 2.11. The van der Waals surface area contributed by atoms with Crippen LogP contribution < -0.4 is 5.32 Å². The minimum absolute atomic E-state index is 0.0182. The minimum atomic E-state index is -0.654. The summed E-state index contributed by atoms with van der Waals surface area (Å²) >= 11 is 0. The van der Waals surface area contributed by atoms with Gasteiger partial charge in [0.15, 0.2) is 5.69 Å². The lowest BCUT2D eigenvalue weighted by Crippen LogP contribution is -2.14. The van der Waals surface area contributed by atoms with Gasteiger partial charge in [0.2, 0.25) is 0 Å². The number of nitriles is 1. The van der Waals surface area contributed by atoms with Gasteiger partial charge in [-0.1, -0.05) is 0 Å². The molecule has 0 saturated carbocycles. The summed E-state index contributed by atoms with van der Waals surface area (Å²) in [6.07, 6.45) is 1.62. The number of aryl methyl sites for hydroxylation is 1. The largest absolute Gasteiger partial charge is 0.318 e. The summed E-state index contributed by atoms with van der Waals surface area (Å²) in [7, 11) is 1.68. The number of anilines is 1. The summed E-state index contributed by atoms with van der Waals surface area (Å²) in [6, 6.07) is 7.17. The SMILES string of the molecule is Cn1ccc(C(=O)Nc2ccc(C#N)cc2F)n1. The van der Waals surface area contributed by atoms with Gasteiger partial charge >= 0.3 is 0 Å². The maximum absolute atomic E-state index is 13.5. The second kappa shape index (κ2) is 4.67. The van der Waals surface area contributed by atoms with Crippen molar-refractivity contribution in [1.82, 2.24) is 9.78 Å². The quantitative estimate of drug-likeness (QED) is 0.873. The van der Waals surface area contributed by atoms with E-state index < -0.39 is 11.7 Å². The Labute approximate surface area is 102 Å². The first kappa shape index (κ1) is 11.8. The summed E-state index contributed by atoms with van der Waals surface area (Å²) in [4.78, 5) is 11.7. The van der Waals surface area contributed by atoms with E-state index in [0.29, 0.717) is 0 Å². The summed E-state index contributed by atoms with van der Waals surface area (Å²) in [5.74, 6) is -1.16. The van der Waals surface area contributed by atoms with Gasteiger partial charge in [-0.05, 0) is 24.3 Å². The Hall–Kier alpha value is -2.68. The Kier molecular flexibility index (Phi) is 3.06. The molecule has 0 radical (unpaired) electrons. The van der Waals surface area contributed by atoms with Gasteiger partial charge < -0.3 is 5.32 Å². The summed E-state index contributed by atoms with van der Waals surface area (Å²) in [5.41, 5.74) is 0.411. The highest BCUT2D eigenvalue weighted by atomic mass is 19.1. The Morgan fingerprint density at radius 1 is 1.50 bits per heavy atom. The van der Waals surface area contributed by atoms with Crippen molar-refractivity contribution in [2.24, 2.45) is 7.05 Å². The molecule has 0 aliphatic carbocycles. The fourth-order valence-corrected chi connectivity index (χ4v) is 1.41. The van der Waals surface area contributed by atoms with Gasteiger partial charge in [-0.25, -0.2) is 4.39 Å². The molecule has 2 aromatic rings. The van der Waals surface area contributed by atoms with Crippen molar-refractivity contribution in [2.75, 3.05) is 5.32 Å². The lowest BCUT2D eigenvalue weighted by molar-refractivity contribution is 0.102. The van der Waals surface area contributed by atoms with E-state index in [1.165, 1.54) is 22.9 Å². The molecule has 0 atom stereocenters. The van der Waals surface area contributed by atoms with Crippen molar-refractivity contribution >= 4 is 11.6 Å². The van der Waals surface area contributed by atoms with Crippen LogP contribution in [0.25, 0.3) is 0 Å². The van der Waals surface area contributed by atoms with Crippen molar-refractivity contribution in [2.45, 2.75) is 0 Å². The average Bonchev–Trinajstić information content (AvgIpc) is 2.78. The lowest BCUT2D eigenvalue weighted by Gasteiger charge is -2.04. The zero-order valence-corrected chi connectivity index (χ0v) is 9.51. The van der Waals surface area contributed by atoms with Crippen molar-refractivity contribution in [3.05, 3.63) is 47.5 Å². The third kappa shape index (κ3) is 2.35. The van der Waals surface area contributed by atoms with Crippen molar-refractivity contribution < 1.29 is 9.18 Å². The molecule has 0 aliphatic heterocycles. The van der Waals surface area contributed by atoms with Crippen LogP contribution >= 0.6 is 0 Å². The first-order valence-electron chi connectivity index (χ1n) is 5.11. The van der Waals surface area contributed by atoms with Gasteiger partial charge in [-0.15, -0.1) is 0 Å². The lowest BCUT2D eigenvalue weighted by atomic mass is 10.2. The number of halogens is 1. The molecule has 18 heavy (non-hydrogen) atoms. The maximum Gasteiger partial charge on any atom is 0.276 e. The third-order valence-corrected chi connectivity index (χ3v) is 2.29. The molecule has 0 aliphatic rings. The first-order valence-corrected chi connectivity index (χ1v) is 5.11. The van der Waals surface area contributed by atoms with E-state index >= 15 is 0 Å². The molecule has 0 saturated heterocycles. The zero-order valence-electron chi connectivity index (χ0n) is 9.51. The molecule has 1 aromatic carbocycles. The Morgan fingerprint density at radius 2 is 2.28 bits per heavy atom. The number of aromatic nitrogens is 2. The molecule has 90 valence electrons. The first-order chi connectivity index (χ1) is 8.60. The van der Waals surface area contributed by atoms with Gasteiger partial charge in [-0.3, -0.25) is 9.48 Å². The summed E-state index contributed by atoms with van der Waals surface area (Å²) < 4.78 is 15.0. The van der Waals surface area contributed by atoms with Crippen LogP contribution in [0, 0.1) is 17.1 Å². The minimum Gasteiger partial charge on any atom is -0.318 e. The molecule has 1 amide bonds. The van der Waals surface area contributed by atoms with Gasteiger partial charge in [0.05, 0.1) is 17.3 Å². The van der Waals surface area contributed by atoms with Crippen molar-refractivity contribution in [3.8, 4) is 6.07 Å².